The number of primary sulfonamides is 1. The maximum absolute atomic E-state index is 12.0. The van der Waals surface area contributed by atoms with Gasteiger partial charge < -0.3 is 0 Å². The van der Waals surface area contributed by atoms with Gasteiger partial charge in [0.15, 0.2) is 9.74 Å². The van der Waals surface area contributed by atoms with Crippen molar-refractivity contribution in [2.45, 2.75) is 23.6 Å². The van der Waals surface area contributed by atoms with E-state index in [0.717, 1.165) is 4.31 Å². The Morgan fingerprint density at radius 2 is 1.95 bits per heavy atom. The lowest BCUT2D eigenvalue weighted by Crippen LogP contribution is -2.36. The van der Waals surface area contributed by atoms with Crippen molar-refractivity contribution < 1.29 is 16.8 Å². The van der Waals surface area contributed by atoms with Gasteiger partial charge in [-0.15, -0.1) is 11.6 Å². The molecule has 0 bridgehead atoms. The second-order valence-electron chi connectivity index (χ2n) is 3.63. The molecule has 10 heteroatoms. The number of nitrogens with zero attached hydrogens (tertiary/aromatic N) is 2. The van der Waals surface area contributed by atoms with Crippen molar-refractivity contribution in [2.75, 3.05) is 10.8 Å². The average molecular weight is 328 g/mol. The van der Waals surface area contributed by atoms with Gasteiger partial charge in [-0.3, -0.25) is 4.31 Å². The van der Waals surface area contributed by atoms with Crippen molar-refractivity contribution in [1.29, 1.82) is 0 Å². The second-order valence-corrected chi connectivity index (χ2v) is 8.23. The summed E-state index contributed by atoms with van der Waals surface area (Å²) >= 11 is 5.62. The van der Waals surface area contributed by atoms with Crippen molar-refractivity contribution in [3.63, 3.8) is 0 Å². The molecule has 108 valence electrons. The highest BCUT2D eigenvalue weighted by Gasteiger charge is 2.28. The zero-order valence-corrected chi connectivity index (χ0v) is 12.7. The number of sulfonamides is 2. The van der Waals surface area contributed by atoms with E-state index in [1.807, 2.05) is 0 Å². The summed E-state index contributed by atoms with van der Waals surface area (Å²) in [5, 5.41) is 4.55. The van der Waals surface area contributed by atoms with Gasteiger partial charge in [0.1, 0.15) is 5.82 Å². The Morgan fingerprint density at radius 3 is 2.37 bits per heavy atom. The van der Waals surface area contributed by atoms with Crippen LogP contribution in [0, 0.1) is 0 Å². The van der Waals surface area contributed by atoms with Crippen molar-refractivity contribution in [1.82, 2.24) is 4.98 Å². The maximum atomic E-state index is 12.0. The van der Waals surface area contributed by atoms with Crippen LogP contribution < -0.4 is 9.44 Å². The monoisotopic (exact) mass is 327 g/mol. The first-order valence-corrected chi connectivity index (χ1v) is 8.74. The van der Waals surface area contributed by atoms with E-state index in [1.54, 1.807) is 6.92 Å². The fourth-order valence-corrected chi connectivity index (χ4v) is 3.20. The molecule has 0 saturated heterocycles. The summed E-state index contributed by atoms with van der Waals surface area (Å²) in [6, 6.07) is 3.91. The highest BCUT2D eigenvalue weighted by atomic mass is 35.5. The summed E-state index contributed by atoms with van der Waals surface area (Å²) in [7, 11) is -7.80. The van der Waals surface area contributed by atoms with Crippen LogP contribution in [0.1, 0.15) is 13.8 Å². The number of hydrogen-bond acceptors (Lipinski definition) is 5. The summed E-state index contributed by atoms with van der Waals surface area (Å²) < 4.78 is 46.2. The lowest BCUT2D eigenvalue weighted by atomic mass is 10.4. The quantitative estimate of drug-likeness (QED) is 0.790. The third-order valence-electron chi connectivity index (χ3n) is 2.26. The largest absolute Gasteiger partial charge is 0.255 e. The van der Waals surface area contributed by atoms with Gasteiger partial charge in [0.05, 0.1) is 0 Å². The van der Waals surface area contributed by atoms with Crippen LogP contribution in [0.3, 0.4) is 0 Å². The number of anilines is 1. The summed E-state index contributed by atoms with van der Waals surface area (Å²) in [5.41, 5.74) is 0. The first kappa shape index (κ1) is 16.2. The fraction of sp³-hybridized carbons (Fsp3) is 0.444. The van der Waals surface area contributed by atoms with Gasteiger partial charge >= 0.3 is 0 Å². The zero-order chi connectivity index (χ0) is 14.8. The number of aromatic nitrogens is 1. The van der Waals surface area contributed by atoms with E-state index in [-0.39, 0.29) is 12.4 Å². The minimum absolute atomic E-state index is 0.0403. The molecule has 0 aromatic carbocycles. The third kappa shape index (κ3) is 3.56. The van der Waals surface area contributed by atoms with Gasteiger partial charge in [-0.1, -0.05) is 6.07 Å². The molecule has 7 nitrogen and oxygen atoms in total. The Bertz CT molecular complexity index is 658. The van der Waals surface area contributed by atoms with Crippen LogP contribution in [0.4, 0.5) is 5.82 Å². The highest BCUT2D eigenvalue weighted by Crippen LogP contribution is 2.21. The Labute approximate surface area is 117 Å². The van der Waals surface area contributed by atoms with Gasteiger partial charge in [0, 0.05) is 6.54 Å². The van der Waals surface area contributed by atoms with Crippen molar-refractivity contribution in [3.05, 3.63) is 18.2 Å². The molecule has 1 rings (SSSR count). The van der Waals surface area contributed by atoms with Crippen LogP contribution in [0.25, 0.3) is 0 Å². The van der Waals surface area contributed by atoms with Crippen molar-refractivity contribution >= 4 is 37.5 Å². The summed E-state index contributed by atoms with van der Waals surface area (Å²) in [6.07, 6.45) is 0. The van der Waals surface area contributed by atoms with E-state index >= 15 is 0 Å². The van der Waals surface area contributed by atoms with Crippen LogP contribution in [-0.4, -0.2) is 33.1 Å². The van der Waals surface area contributed by atoms with E-state index in [1.165, 1.54) is 25.1 Å². The highest BCUT2D eigenvalue weighted by molar-refractivity contribution is 7.94. The molecule has 1 aromatic rings. The number of rotatable bonds is 5. The van der Waals surface area contributed by atoms with E-state index < -0.39 is 29.8 Å². The number of halogens is 1. The van der Waals surface area contributed by atoms with E-state index in [9.17, 15) is 16.8 Å². The molecule has 0 saturated carbocycles. The van der Waals surface area contributed by atoms with Crippen LogP contribution in [0.2, 0.25) is 0 Å². The minimum Gasteiger partial charge on any atom is -0.253 e. The number of nitrogens with two attached hydrogens (primary N) is 1. The number of pyridine rings is 1. The van der Waals surface area contributed by atoms with Crippen LogP contribution in [-0.2, 0) is 20.0 Å². The molecule has 0 radical (unpaired) electrons. The molecule has 1 unspecified atom stereocenters. The minimum atomic E-state index is -4.00. The predicted molar refractivity (Wildman–Crippen MR) is 72.9 cm³/mol. The van der Waals surface area contributed by atoms with Crippen LogP contribution in [0.15, 0.2) is 23.2 Å². The molecule has 0 aliphatic heterocycles. The third-order valence-corrected chi connectivity index (χ3v) is 5.63. The first-order chi connectivity index (χ1) is 8.60. The molecule has 2 N–H and O–H groups in total. The summed E-state index contributed by atoms with van der Waals surface area (Å²) in [5.74, 6) is -0.0403. The summed E-state index contributed by atoms with van der Waals surface area (Å²) in [6.45, 7) is 2.96. The molecule has 1 atom stereocenters. The Hall–Kier alpha value is -0.900. The Kier molecular flexibility index (Phi) is 4.77. The predicted octanol–water partition coefficient (Wildman–Crippen LogP) is 0.470. The van der Waals surface area contributed by atoms with Crippen molar-refractivity contribution in [3.8, 4) is 0 Å². The average Bonchev–Trinajstić information content (AvgIpc) is 2.28. The second kappa shape index (κ2) is 5.61. The molecule has 0 fully saturated rings. The lowest BCUT2D eigenvalue weighted by Gasteiger charge is -2.23. The lowest BCUT2D eigenvalue weighted by molar-refractivity contribution is 0.586. The van der Waals surface area contributed by atoms with Crippen molar-refractivity contribution in [2.24, 2.45) is 5.14 Å². The molecular weight excluding hydrogens is 314 g/mol. The van der Waals surface area contributed by atoms with Gasteiger partial charge in [0.2, 0.25) is 0 Å². The molecular formula is C9H14ClN3O4S2. The van der Waals surface area contributed by atoms with E-state index in [2.05, 4.69) is 4.98 Å². The van der Waals surface area contributed by atoms with Gasteiger partial charge in [-0.25, -0.2) is 27.0 Å². The Morgan fingerprint density at radius 1 is 1.37 bits per heavy atom. The SMILES string of the molecule is CCN(c1cccc(S(N)(=O)=O)n1)S(=O)(=O)C(C)Cl. The zero-order valence-electron chi connectivity index (χ0n) is 10.3. The standard InChI is InChI=1S/C9H14ClN3O4S2/c1-3-13(19(16,17)7(2)10)8-5-4-6-9(12-8)18(11,14)15/h4-7H,3H2,1-2H3,(H2,11,14,15). The number of alkyl halides is 1. The van der Waals surface area contributed by atoms with Gasteiger partial charge in [-0.05, 0) is 26.0 Å². The molecule has 0 spiro atoms. The molecule has 1 aromatic heterocycles. The molecule has 0 aliphatic rings. The van der Waals surface area contributed by atoms with Crippen LogP contribution in [0.5, 0.6) is 0 Å². The topological polar surface area (TPSA) is 110 Å². The first-order valence-electron chi connectivity index (χ1n) is 5.26. The van der Waals surface area contributed by atoms with E-state index in [4.69, 9.17) is 16.7 Å². The smallest absolute Gasteiger partial charge is 0.253 e. The normalized spacial score (nSPS) is 14.1. The van der Waals surface area contributed by atoms with Gasteiger partial charge in [-0.2, -0.15) is 0 Å². The molecule has 1 heterocycles. The fourth-order valence-electron chi connectivity index (χ4n) is 1.35. The maximum Gasteiger partial charge on any atom is 0.255 e. The van der Waals surface area contributed by atoms with Gasteiger partial charge in [0.25, 0.3) is 20.0 Å². The molecule has 19 heavy (non-hydrogen) atoms. The number of hydrogen-bond donors (Lipinski definition) is 1. The van der Waals surface area contributed by atoms with E-state index in [0.29, 0.717) is 0 Å². The molecule has 0 aliphatic carbocycles. The summed E-state index contributed by atoms with van der Waals surface area (Å²) in [4.78, 5) is 3.74. The Balaban J connectivity index is 3.37. The van der Waals surface area contributed by atoms with Crippen LogP contribution >= 0.6 is 11.6 Å². The molecule has 0 amide bonds.